The van der Waals surface area contributed by atoms with Crippen molar-refractivity contribution in [1.82, 2.24) is 10.6 Å². The molecule has 0 rings (SSSR count). The number of aliphatic hydroxyl groups excluding tert-OH is 1. The lowest BCUT2D eigenvalue weighted by Gasteiger charge is -2.12. The first-order valence-corrected chi connectivity index (χ1v) is 4.10. The molecule has 1 unspecified atom stereocenters. The van der Waals surface area contributed by atoms with Gasteiger partial charge in [0.2, 0.25) is 0 Å². The second-order valence-corrected chi connectivity index (χ2v) is 2.79. The summed E-state index contributed by atoms with van der Waals surface area (Å²) >= 11 is 0. The summed E-state index contributed by atoms with van der Waals surface area (Å²) in [6.07, 6.45) is -5.38. The number of carbonyl (C=O) groups excluding carboxylic acids is 1. The Kier molecular flexibility index (Phi) is 6.02. The van der Waals surface area contributed by atoms with E-state index < -0.39 is 24.9 Å². The van der Waals surface area contributed by atoms with Crippen LogP contribution in [-0.2, 0) is 4.74 Å². The van der Waals surface area contributed by atoms with Crippen LogP contribution in [0, 0.1) is 0 Å². The average Bonchev–Trinajstić information content (AvgIpc) is 2.11. The molecule has 0 bridgehead atoms. The van der Waals surface area contributed by atoms with Crippen molar-refractivity contribution in [3.8, 4) is 0 Å². The molecule has 0 aliphatic carbocycles. The maximum atomic E-state index is 11.6. The zero-order valence-corrected chi connectivity index (χ0v) is 8.10. The summed E-state index contributed by atoms with van der Waals surface area (Å²) in [5, 5.41) is 12.7. The molecule has 0 heterocycles. The molecule has 0 aliphatic rings. The smallest absolute Gasteiger partial charge is 0.389 e. The topological polar surface area (TPSA) is 70.6 Å². The third-order valence-electron chi connectivity index (χ3n) is 1.31. The van der Waals surface area contributed by atoms with Gasteiger partial charge in [0.15, 0.2) is 0 Å². The minimum atomic E-state index is -4.44. The van der Waals surface area contributed by atoms with Gasteiger partial charge in [0, 0.05) is 13.7 Å². The Morgan fingerprint density at radius 2 is 2.07 bits per heavy atom. The van der Waals surface area contributed by atoms with Gasteiger partial charge in [0.05, 0.1) is 12.7 Å². The van der Waals surface area contributed by atoms with E-state index in [-0.39, 0.29) is 13.2 Å². The van der Waals surface area contributed by atoms with E-state index in [1.165, 1.54) is 7.11 Å². The lowest BCUT2D eigenvalue weighted by Crippen LogP contribution is -2.44. The molecule has 90 valence electrons. The van der Waals surface area contributed by atoms with Gasteiger partial charge >= 0.3 is 12.2 Å². The number of ether oxygens (including phenoxy) is 1. The Labute approximate surface area is 84.6 Å². The van der Waals surface area contributed by atoms with Crippen LogP contribution >= 0.6 is 0 Å². The van der Waals surface area contributed by atoms with Crippen molar-refractivity contribution < 1.29 is 27.8 Å². The molecule has 15 heavy (non-hydrogen) atoms. The molecular weight excluding hydrogens is 217 g/mol. The monoisotopic (exact) mass is 230 g/mol. The predicted molar refractivity (Wildman–Crippen MR) is 45.3 cm³/mol. The number of hydrogen-bond donors (Lipinski definition) is 3. The van der Waals surface area contributed by atoms with E-state index in [1.807, 2.05) is 0 Å². The van der Waals surface area contributed by atoms with E-state index >= 15 is 0 Å². The fourth-order valence-electron chi connectivity index (χ4n) is 0.705. The zero-order chi connectivity index (χ0) is 11.9. The largest absolute Gasteiger partial charge is 0.405 e. The van der Waals surface area contributed by atoms with Crippen molar-refractivity contribution >= 4 is 6.03 Å². The summed E-state index contributed by atoms with van der Waals surface area (Å²) in [7, 11) is 1.35. The van der Waals surface area contributed by atoms with E-state index in [1.54, 1.807) is 5.32 Å². The van der Waals surface area contributed by atoms with Gasteiger partial charge in [-0.2, -0.15) is 13.2 Å². The predicted octanol–water partition coefficient (Wildman–Crippen LogP) is -0.145. The number of carbonyl (C=O) groups is 1. The molecule has 5 nitrogen and oxygen atoms in total. The molecule has 3 N–H and O–H groups in total. The van der Waals surface area contributed by atoms with E-state index in [9.17, 15) is 18.0 Å². The Bertz CT molecular complexity index is 198. The quantitative estimate of drug-likeness (QED) is 0.615. The summed E-state index contributed by atoms with van der Waals surface area (Å²) in [5.41, 5.74) is 0. The van der Waals surface area contributed by atoms with Crippen molar-refractivity contribution in [2.24, 2.45) is 0 Å². The molecule has 2 amide bonds. The van der Waals surface area contributed by atoms with Gasteiger partial charge in [-0.1, -0.05) is 0 Å². The summed E-state index contributed by atoms with van der Waals surface area (Å²) < 4.78 is 39.4. The van der Waals surface area contributed by atoms with Crippen molar-refractivity contribution in [3.05, 3.63) is 0 Å². The number of methoxy groups -OCH3 is 1. The van der Waals surface area contributed by atoms with Crippen LogP contribution in [0.3, 0.4) is 0 Å². The molecule has 0 aromatic rings. The Hall–Kier alpha value is -1.02. The van der Waals surface area contributed by atoms with Crippen molar-refractivity contribution in [1.29, 1.82) is 0 Å². The van der Waals surface area contributed by atoms with E-state index in [2.05, 4.69) is 10.1 Å². The first-order valence-electron chi connectivity index (χ1n) is 4.10. The van der Waals surface area contributed by atoms with Gasteiger partial charge in [-0.05, 0) is 0 Å². The number of urea groups is 1. The second kappa shape index (κ2) is 6.46. The molecule has 0 spiro atoms. The van der Waals surface area contributed by atoms with Crippen LogP contribution < -0.4 is 10.6 Å². The number of amides is 2. The second-order valence-electron chi connectivity index (χ2n) is 2.79. The molecule has 0 aromatic heterocycles. The maximum absolute atomic E-state index is 11.6. The number of nitrogens with one attached hydrogen (secondary N) is 2. The highest BCUT2D eigenvalue weighted by atomic mass is 19.4. The molecule has 0 saturated carbocycles. The van der Waals surface area contributed by atoms with Gasteiger partial charge < -0.3 is 20.5 Å². The normalized spacial score (nSPS) is 13.4. The highest BCUT2D eigenvalue weighted by molar-refractivity contribution is 5.73. The zero-order valence-electron chi connectivity index (χ0n) is 8.10. The SMILES string of the molecule is COCC(O)CNC(=O)NCC(F)(F)F. The molecule has 0 saturated heterocycles. The van der Waals surface area contributed by atoms with Crippen LogP contribution in [0.5, 0.6) is 0 Å². The Balaban J connectivity index is 3.58. The summed E-state index contributed by atoms with van der Waals surface area (Å²) in [6.45, 7) is -1.57. The minimum absolute atomic E-state index is 0.000446. The van der Waals surface area contributed by atoms with Gasteiger partial charge in [0.1, 0.15) is 6.54 Å². The lowest BCUT2D eigenvalue weighted by molar-refractivity contribution is -0.122. The number of halogens is 3. The fraction of sp³-hybridized carbons (Fsp3) is 0.857. The van der Waals surface area contributed by atoms with Crippen LogP contribution in [-0.4, -0.2) is 50.2 Å². The third kappa shape index (κ3) is 9.29. The molecule has 0 radical (unpaired) electrons. The van der Waals surface area contributed by atoms with E-state index in [0.717, 1.165) is 0 Å². The van der Waals surface area contributed by atoms with E-state index in [0.29, 0.717) is 0 Å². The van der Waals surface area contributed by atoms with Crippen LogP contribution in [0.4, 0.5) is 18.0 Å². The lowest BCUT2D eigenvalue weighted by atomic mass is 10.4. The highest BCUT2D eigenvalue weighted by Gasteiger charge is 2.27. The van der Waals surface area contributed by atoms with Crippen LogP contribution in [0.25, 0.3) is 0 Å². The van der Waals surface area contributed by atoms with Crippen molar-refractivity contribution in [2.45, 2.75) is 12.3 Å². The van der Waals surface area contributed by atoms with Crippen molar-refractivity contribution in [3.63, 3.8) is 0 Å². The molecule has 1 atom stereocenters. The van der Waals surface area contributed by atoms with Gasteiger partial charge in [-0.3, -0.25) is 0 Å². The van der Waals surface area contributed by atoms with Crippen LogP contribution in [0.2, 0.25) is 0 Å². The standard InChI is InChI=1S/C7H13F3N2O3/c1-15-3-5(13)2-11-6(14)12-4-7(8,9)10/h5,13H,2-4H2,1H3,(H2,11,12,14). The van der Waals surface area contributed by atoms with Crippen molar-refractivity contribution in [2.75, 3.05) is 26.8 Å². The molecule has 8 heteroatoms. The van der Waals surface area contributed by atoms with Crippen LogP contribution in [0.15, 0.2) is 0 Å². The molecule has 0 aliphatic heterocycles. The van der Waals surface area contributed by atoms with Crippen LogP contribution in [0.1, 0.15) is 0 Å². The summed E-state index contributed by atoms with van der Waals surface area (Å²) in [4.78, 5) is 10.7. The van der Waals surface area contributed by atoms with Gasteiger partial charge in [-0.15, -0.1) is 0 Å². The number of aliphatic hydroxyl groups is 1. The first-order chi connectivity index (χ1) is 6.85. The third-order valence-corrected chi connectivity index (χ3v) is 1.31. The first kappa shape index (κ1) is 14.0. The summed E-state index contributed by atoms with van der Waals surface area (Å²) in [6, 6.07) is -0.984. The molecule has 0 fully saturated rings. The average molecular weight is 230 g/mol. The maximum Gasteiger partial charge on any atom is 0.405 e. The Morgan fingerprint density at radius 1 is 1.47 bits per heavy atom. The van der Waals surface area contributed by atoms with Gasteiger partial charge in [0.25, 0.3) is 0 Å². The summed E-state index contributed by atoms with van der Waals surface area (Å²) in [5.74, 6) is 0. The number of rotatable bonds is 5. The Morgan fingerprint density at radius 3 is 2.53 bits per heavy atom. The molecular formula is C7H13F3N2O3. The highest BCUT2D eigenvalue weighted by Crippen LogP contribution is 2.11. The van der Waals surface area contributed by atoms with E-state index in [4.69, 9.17) is 5.11 Å². The number of alkyl halides is 3. The number of hydrogen-bond acceptors (Lipinski definition) is 3. The fourth-order valence-corrected chi connectivity index (χ4v) is 0.705. The molecule has 0 aromatic carbocycles. The van der Waals surface area contributed by atoms with Gasteiger partial charge in [-0.25, -0.2) is 4.79 Å². The minimum Gasteiger partial charge on any atom is -0.389 e.